The molecule has 0 saturated heterocycles. The van der Waals surface area contributed by atoms with Crippen LogP contribution in [0.5, 0.6) is 0 Å². The molecule has 2 rings (SSSR count). The van der Waals surface area contributed by atoms with Crippen molar-refractivity contribution in [1.29, 1.82) is 0 Å². The zero-order valence-electron chi connectivity index (χ0n) is 9.53. The number of para-hydroxylation sites is 1. The van der Waals surface area contributed by atoms with Crippen LogP contribution < -0.4 is 0 Å². The maximum atomic E-state index is 5.94. The Balaban J connectivity index is 2.56. The summed E-state index contributed by atoms with van der Waals surface area (Å²) < 4.78 is 2.24. The maximum Gasteiger partial charge on any atom is 0.124 e. The number of aromatic nitrogens is 2. The van der Waals surface area contributed by atoms with Gasteiger partial charge in [-0.2, -0.15) is 11.8 Å². The lowest BCUT2D eigenvalue weighted by molar-refractivity contribution is 0.754. The van der Waals surface area contributed by atoms with Crippen LogP contribution in [0.3, 0.4) is 0 Å². The van der Waals surface area contributed by atoms with E-state index in [9.17, 15) is 0 Å². The first-order valence-electron chi connectivity index (χ1n) is 5.27. The van der Waals surface area contributed by atoms with Crippen molar-refractivity contribution in [2.75, 3.05) is 12.0 Å². The number of hydrogen-bond donors (Lipinski definition) is 0. The van der Waals surface area contributed by atoms with Crippen LogP contribution in [0.2, 0.25) is 0 Å². The van der Waals surface area contributed by atoms with Crippen LogP contribution in [0, 0.1) is 6.92 Å². The third kappa shape index (κ3) is 2.06. The maximum absolute atomic E-state index is 5.94. The van der Waals surface area contributed by atoms with Gasteiger partial charge in [-0.25, -0.2) is 4.98 Å². The number of halogens is 1. The van der Waals surface area contributed by atoms with Crippen LogP contribution in [0.25, 0.3) is 11.0 Å². The number of alkyl halides is 1. The van der Waals surface area contributed by atoms with Gasteiger partial charge in [0.1, 0.15) is 5.82 Å². The molecule has 0 aliphatic carbocycles. The highest BCUT2D eigenvalue weighted by Crippen LogP contribution is 2.21. The van der Waals surface area contributed by atoms with Gasteiger partial charge in [0.05, 0.1) is 16.9 Å². The molecule has 0 bridgehead atoms. The van der Waals surface area contributed by atoms with Gasteiger partial charge in [0.2, 0.25) is 0 Å². The third-order valence-corrected chi connectivity index (χ3v) is 3.52. The zero-order valence-corrected chi connectivity index (χ0v) is 11.1. The molecule has 2 aromatic rings. The van der Waals surface area contributed by atoms with E-state index in [4.69, 9.17) is 11.6 Å². The minimum atomic E-state index is 0.475. The molecule has 0 radical (unpaired) electrons. The molecule has 1 aromatic heterocycles. The molecular formula is C12H15ClN2S. The summed E-state index contributed by atoms with van der Waals surface area (Å²) >= 11 is 7.79. The van der Waals surface area contributed by atoms with Crippen LogP contribution >= 0.6 is 23.4 Å². The first-order valence-corrected chi connectivity index (χ1v) is 7.20. The predicted octanol–water partition coefficient (Wildman–Crippen LogP) is 3.45. The molecule has 0 aliphatic heterocycles. The minimum Gasteiger partial charge on any atom is -0.326 e. The van der Waals surface area contributed by atoms with Crippen LogP contribution in [-0.2, 0) is 12.4 Å². The van der Waals surface area contributed by atoms with E-state index in [1.165, 1.54) is 11.1 Å². The van der Waals surface area contributed by atoms with E-state index < -0.39 is 0 Å². The fraction of sp³-hybridized carbons (Fsp3) is 0.417. The zero-order chi connectivity index (χ0) is 11.5. The topological polar surface area (TPSA) is 17.8 Å². The van der Waals surface area contributed by atoms with Gasteiger partial charge in [0.25, 0.3) is 0 Å². The Labute approximate surface area is 105 Å². The highest BCUT2D eigenvalue weighted by Gasteiger charge is 2.10. The Kier molecular flexibility index (Phi) is 3.77. The monoisotopic (exact) mass is 254 g/mol. The number of fused-ring (bicyclic) bond motifs is 1. The third-order valence-electron chi connectivity index (χ3n) is 2.69. The van der Waals surface area contributed by atoms with Crippen molar-refractivity contribution in [3.8, 4) is 0 Å². The van der Waals surface area contributed by atoms with E-state index in [1.54, 1.807) is 0 Å². The molecule has 1 aromatic carbocycles. The van der Waals surface area contributed by atoms with Crippen molar-refractivity contribution < 1.29 is 0 Å². The molecule has 2 nitrogen and oxygen atoms in total. The molecule has 0 atom stereocenters. The second-order valence-corrected chi connectivity index (χ2v) is 5.00. The number of hydrogen-bond acceptors (Lipinski definition) is 2. The van der Waals surface area contributed by atoms with Gasteiger partial charge >= 0.3 is 0 Å². The number of nitrogens with zero attached hydrogens (tertiary/aromatic N) is 2. The number of benzene rings is 1. The summed E-state index contributed by atoms with van der Waals surface area (Å²) in [4.78, 5) is 4.57. The normalized spacial score (nSPS) is 11.2. The van der Waals surface area contributed by atoms with Gasteiger partial charge in [-0.15, -0.1) is 11.6 Å². The van der Waals surface area contributed by atoms with Gasteiger partial charge in [-0.1, -0.05) is 12.1 Å². The highest BCUT2D eigenvalue weighted by atomic mass is 35.5. The molecule has 0 unspecified atom stereocenters. The smallest absolute Gasteiger partial charge is 0.124 e. The van der Waals surface area contributed by atoms with Gasteiger partial charge in [-0.05, 0) is 24.8 Å². The molecular weight excluding hydrogens is 240 g/mol. The molecule has 16 heavy (non-hydrogen) atoms. The van der Waals surface area contributed by atoms with E-state index in [0.29, 0.717) is 5.88 Å². The van der Waals surface area contributed by atoms with Crippen LogP contribution in [-0.4, -0.2) is 21.6 Å². The summed E-state index contributed by atoms with van der Waals surface area (Å²) in [6.07, 6.45) is 2.12. The van der Waals surface area contributed by atoms with Crippen LogP contribution in [0.1, 0.15) is 11.4 Å². The summed E-state index contributed by atoms with van der Waals surface area (Å²) in [6, 6.07) is 6.22. The van der Waals surface area contributed by atoms with E-state index in [1.807, 2.05) is 23.9 Å². The summed E-state index contributed by atoms with van der Waals surface area (Å²) in [5.74, 6) is 2.53. The SMILES string of the molecule is CSCCn1c(CCl)nc2cccc(C)c21. The second-order valence-electron chi connectivity index (χ2n) is 3.75. The molecule has 0 N–H and O–H groups in total. The summed E-state index contributed by atoms with van der Waals surface area (Å²) in [7, 11) is 0. The Morgan fingerprint density at radius 2 is 2.25 bits per heavy atom. The van der Waals surface area contributed by atoms with Gasteiger partial charge in [-0.3, -0.25) is 0 Å². The number of thioether (sulfide) groups is 1. The molecule has 1 heterocycles. The van der Waals surface area contributed by atoms with Crippen LogP contribution in [0.4, 0.5) is 0 Å². The van der Waals surface area contributed by atoms with E-state index in [0.717, 1.165) is 23.6 Å². The van der Waals surface area contributed by atoms with Crippen molar-refractivity contribution in [2.24, 2.45) is 0 Å². The van der Waals surface area contributed by atoms with Gasteiger partial charge in [0.15, 0.2) is 0 Å². The Hall–Kier alpha value is -0.670. The van der Waals surface area contributed by atoms with E-state index >= 15 is 0 Å². The first-order chi connectivity index (χ1) is 7.77. The van der Waals surface area contributed by atoms with Gasteiger partial charge < -0.3 is 4.57 Å². The largest absolute Gasteiger partial charge is 0.326 e. The molecule has 0 amide bonds. The van der Waals surface area contributed by atoms with Crippen molar-refractivity contribution in [3.63, 3.8) is 0 Å². The molecule has 4 heteroatoms. The lowest BCUT2D eigenvalue weighted by Crippen LogP contribution is -2.05. The van der Waals surface area contributed by atoms with Crippen molar-refractivity contribution >= 4 is 34.4 Å². The number of aryl methyl sites for hydroxylation is 2. The second kappa shape index (κ2) is 5.11. The number of rotatable bonds is 4. The summed E-state index contributed by atoms with van der Waals surface area (Å²) in [6.45, 7) is 3.10. The molecule has 0 fully saturated rings. The summed E-state index contributed by atoms with van der Waals surface area (Å²) in [5.41, 5.74) is 3.55. The average molecular weight is 255 g/mol. The molecule has 0 saturated carbocycles. The lowest BCUT2D eigenvalue weighted by Gasteiger charge is -2.07. The quantitative estimate of drug-likeness (QED) is 0.778. The Morgan fingerprint density at radius 1 is 1.44 bits per heavy atom. The molecule has 0 aliphatic rings. The Bertz CT molecular complexity index is 493. The fourth-order valence-corrected chi connectivity index (χ4v) is 2.51. The average Bonchev–Trinajstić information content (AvgIpc) is 2.65. The highest BCUT2D eigenvalue weighted by molar-refractivity contribution is 7.98. The van der Waals surface area contributed by atoms with Crippen molar-refractivity contribution in [1.82, 2.24) is 9.55 Å². The number of imidazole rings is 1. The van der Waals surface area contributed by atoms with Crippen molar-refractivity contribution in [3.05, 3.63) is 29.6 Å². The standard InChI is InChI=1S/C12H15ClN2S/c1-9-4-3-5-10-12(9)15(6-7-16-2)11(8-13)14-10/h3-5H,6-8H2,1-2H3. The van der Waals surface area contributed by atoms with E-state index in [2.05, 4.69) is 28.8 Å². The summed E-state index contributed by atoms with van der Waals surface area (Å²) in [5, 5.41) is 0. The molecule has 86 valence electrons. The molecule has 0 spiro atoms. The lowest BCUT2D eigenvalue weighted by atomic mass is 10.2. The minimum absolute atomic E-state index is 0.475. The Morgan fingerprint density at radius 3 is 2.94 bits per heavy atom. The van der Waals surface area contributed by atoms with Gasteiger partial charge in [0, 0.05) is 12.3 Å². The predicted molar refractivity (Wildman–Crippen MR) is 72.4 cm³/mol. The van der Waals surface area contributed by atoms with Crippen LogP contribution in [0.15, 0.2) is 18.2 Å². The van der Waals surface area contributed by atoms with Crippen molar-refractivity contribution in [2.45, 2.75) is 19.3 Å². The first kappa shape index (κ1) is 11.8. The fourth-order valence-electron chi connectivity index (χ4n) is 1.94. The van der Waals surface area contributed by atoms with E-state index in [-0.39, 0.29) is 0 Å².